The normalized spacial score (nSPS) is 30.0. The van der Waals surface area contributed by atoms with Gasteiger partial charge in [-0.2, -0.15) is 18.5 Å². The van der Waals surface area contributed by atoms with Crippen LogP contribution < -0.4 is 11.5 Å². The van der Waals surface area contributed by atoms with Gasteiger partial charge < -0.3 is 21.3 Å². The maximum Gasteiger partial charge on any atom is 0.442 e. The number of carbonyl (C=O) groups excluding carboxylic acids is 4. The molecule has 0 unspecified atom stereocenters. The summed E-state index contributed by atoms with van der Waals surface area (Å²) in [6, 6.07) is -5.44. The van der Waals surface area contributed by atoms with Crippen LogP contribution in [0.2, 0.25) is 0 Å². The molecule has 4 heterocycles. The lowest BCUT2D eigenvalue weighted by Crippen LogP contribution is -2.48. The van der Waals surface area contributed by atoms with Gasteiger partial charge in [0.1, 0.15) is 12.1 Å². The highest BCUT2D eigenvalue weighted by Gasteiger charge is 2.51. The van der Waals surface area contributed by atoms with Crippen LogP contribution in [0.1, 0.15) is 13.8 Å². The van der Waals surface area contributed by atoms with Gasteiger partial charge in [-0.05, 0) is 25.0 Å². The molecule has 0 aromatic rings. The van der Waals surface area contributed by atoms with Gasteiger partial charge in [-0.1, -0.05) is 12.2 Å². The second-order valence-electron chi connectivity index (χ2n) is 7.64. The van der Waals surface area contributed by atoms with Crippen molar-refractivity contribution in [3.05, 3.63) is 23.3 Å². The van der Waals surface area contributed by atoms with E-state index >= 15 is 0 Å². The molecule has 31 heavy (non-hydrogen) atoms. The molecule has 0 aromatic heterocycles. The Kier molecular flexibility index (Phi) is 4.71. The molecule has 4 aliphatic heterocycles. The molecule has 168 valence electrons. The van der Waals surface area contributed by atoms with Crippen molar-refractivity contribution in [3.8, 4) is 0 Å². The Hall–Kier alpha value is -3.17. The van der Waals surface area contributed by atoms with Crippen LogP contribution in [0.4, 0.5) is 9.59 Å². The number of hydrogen-bond donors (Lipinski definition) is 2. The summed E-state index contributed by atoms with van der Waals surface area (Å²) < 4.78 is 34.7. The number of primary amides is 2. The zero-order valence-electron chi connectivity index (χ0n) is 16.5. The number of hydrogen-bond acceptors (Lipinski definition) is 8. The zero-order chi connectivity index (χ0) is 22.8. The minimum absolute atomic E-state index is 0.0133. The summed E-state index contributed by atoms with van der Waals surface area (Å²) in [4.78, 5) is 50.7. The SMILES string of the molecule is CC1=C[C@@H]2CN(C(=O)N2OS(=O)(=O)ON2C(=O)N3C[C@H]2C=C(C)[C@H]3C(N)=O)[C@@H]1C(N)=O. The average Bonchev–Trinajstić information content (AvgIpc) is 3.02. The summed E-state index contributed by atoms with van der Waals surface area (Å²) in [7, 11) is -4.94. The molecule has 4 bridgehead atoms. The number of nitrogens with zero attached hydrogens (tertiary/aromatic N) is 4. The molecule has 4 N–H and O–H groups in total. The van der Waals surface area contributed by atoms with Crippen molar-refractivity contribution in [2.45, 2.75) is 38.0 Å². The lowest BCUT2D eigenvalue weighted by molar-refractivity contribution is -0.121. The molecular formula is C16H20N6O8S. The Labute approximate surface area is 176 Å². The van der Waals surface area contributed by atoms with Gasteiger partial charge in [0.15, 0.2) is 0 Å². The first-order valence-corrected chi connectivity index (χ1v) is 10.5. The first-order chi connectivity index (χ1) is 14.4. The lowest BCUT2D eigenvalue weighted by atomic mass is 10.0. The molecule has 2 saturated heterocycles. The second kappa shape index (κ2) is 6.93. The predicted octanol–water partition coefficient (Wildman–Crippen LogP) is -2.07. The minimum Gasteiger partial charge on any atom is -0.368 e. The van der Waals surface area contributed by atoms with Crippen molar-refractivity contribution in [2.24, 2.45) is 11.5 Å². The number of nitrogens with two attached hydrogens (primary N) is 2. The van der Waals surface area contributed by atoms with Crippen molar-refractivity contribution in [1.82, 2.24) is 19.9 Å². The van der Waals surface area contributed by atoms with E-state index in [1.807, 2.05) is 0 Å². The molecule has 0 spiro atoms. The van der Waals surface area contributed by atoms with Crippen molar-refractivity contribution in [1.29, 1.82) is 0 Å². The summed E-state index contributed by atoms with van der Waals surface area (Å²) in [5.41, 5.74) is 11.6. The summed E-state index contributed by atoms with van der Waals surface area (Å²) in [5.74, 6) is -1.53. The third-order valence-electron chi connectivity index (χ3n) is 5.52. The van der Waals surface area contributed by atoms with E-state index in [1.165, 1.54) is 12.2 Å². The van der Waals surface area contributed by atoms with E-state index in [4.69, 9.17) is 20.0 Å². The van der Waals surface area contributed by atoms with Crippen molar-refractivity contribution >= 4 is 34.3 Å². The van der Waals surface area contributed by atoms with Gasteiger partial charge in [-0.3, -0.25) is 9.59 Å². The van der Waals surface area contributed by atoms with E-state index in [-0.39, 0.29) is 13.1 Å². The molecule has 0 radical (unpaired) electrons. The summed E-state index contributed by atoms with van der Waals surface area (Å²) >= 11 is 0. The standard InChI is InChI=1S/C16H20N6O8S/c1-7-3-9-5-19(11(7)13(17)23)15(25)21(9)29-31(27,28)30-22-10-4-8(2)12(14(18)24)20(6-10)16(22)26/h3-4,9-12H,5-6H2,1-2H3,(H2,17,23)(H2,18,24)/t9-,10-,11+,12+/m1/s1. The molecule has 4 aliphatic rings. The van der Waals surface area contributed by atoms with E-state index in [0.717, 1.165) is 9.80 Å². The third-order valence-corrected chi connectivity index (χ3v) is 6.20. The first kappa shape index (κ1) is 21.1. The van der Waals surface area contributed by atoms with E-state index in [9.17, 15) is 27.6 Å². The fourth-order valence-electron chi connectivity index (χ4n) is 4.34. The topological polar surface area (TPSA) is 186 Å². The first-order valence-electron chi connectivity index (χ1n) is 9.20. The van der Waals surface area contributed by atoms with Gasteiger partial charge in [0.05, 0.1) is 25.2 Å². The maximum atomic E-state index is 12.6. The number of carbonyl (C=O) groups is 4. The van der Waals surface area contributed by atoms with Crippen LogP contribution in [-0.4, -0.2) is 89.5 Å². The van der Waals surface area contributed by atoms with Gasteiger partial charge >= 0.3 is 22.5 Å². The fraction of sp³-hybridized carbons (Fsp3) is 0.500. The number of amides is 6. The molecule has 0 saturated carbocycles. The van der Waals surface area contributed by atoms with E-state index in [2.05, 4.69) is 0 Å². The second-order valence-corrected chi connectivity index (χ2v) is 8.76. The van der Waals surface area contributed by atoms with Crippen LogP contribution in [0.5, 0.6) is 0 Å². The summed E-state index contributed by atoms with van der Waals surface area (Å²) in [6.07, 6.45) is 2.99. The molecule has 4 rings (SSSR count). The molecule has 4 atom stereocenters. The lowest BCUT2D eigenvalue weighted by Gasteiger charge is -2.27. The van der Waals surface area contributed by atoms with Crippen LogP contribution >= 0.6 is 0 Å². The summed E-state index contributed by atoms with van der Waals surface area (Å²) in [6.45, 7) is 3.14. The Morgan fingerprint density at radius 3 is 1.55 bits per heavy atom. The monoisotopic (exact) mass is 456 g/mol. The highest BCUT2D eigenvalue weighted by Crippen LogP contribution is 2.32. The number of urea groups is 2. The minimum atomic E-state index is -4.94. The molecule has 15 heteroatoms. The highest BCUT2D eigenvalue weighted by atomic mass is 32.3. The Balaban J connectivity index is 1.52. The number of rotatable bonds is 6. The molecule has 0 aromatic carbocycles. The Morgan fingerprint density at radius 2 is 1.23 bits per heavy atom. The van der Waals surface area contributed by atoms with Crippen LogP contribution in [0.25, 0.3) is 0 Å². The van der Waals surface area contributed by atoms with Gasteiger partial charge in [0.25, 0.3) is 0 Å². The van der Waals surface area contributed by atoms with Crippen LogP contribution in [-0.2, 0) is 28.6 Å². The molecular weight excluding hydrogens is 436 g/mol. The molecule has 0 aliphatic carbocycles. The fourth-order valence-corrected chi connectivity index (χ4v) is 5.11. The van der Waals surface area contributed by atoms with Gasteiger partial charge in [0, 0.05) is 0 Å². The Bertz CT molecular complexity index is 978. The third kappa shape index (κ3) is 3.30. The van der Waals surface area contributed by atoms with Crippen molar-refractivity contribution in [2.75, 3.05) is 13.1 Å². The van der Waals surface area contributed by atoms with Gasteiger partial charge in [-0.25, -0.2) is 9.59 Å². The number of fused-ring (bicyclic) bond motifs is 4. The van der Waals surface area contributed by atoms with E-state index < -0.39 is 58.4 Å². The van der Waals surface area contributed by atoms with Crippen LogP contribution in [0.15, 0.2) is 23.3 Å². The Morgan fingerprint density at radius 1 is 0.871 bits per heavy atom. The zero-order valence-corrected chi connectivity index (χ0v) is 17.3. The van der Waals surface area contributed by atoms with Crippen LogP contribution in [0.3, 0.4) is 0 Å². The maximum absolute atomic E-state index is 12.6. The van der Waals surface area contributed by atoms with Crippen LogP contribution in [0, 0.1) is 0 Å². The molecule has 2 fully saturated rings. The van der Waals surface area contributed by atoms with Crippen molar-refractivity contribution < 1.29 is 36.2 Å². The molecule has 6 amide bonds. The van der Waals surface area contributed by atoms with E-state index in [0.29, 0.717) is 21.3 Å². The van der Waals surface area contributed by atoms with Gasteiger partial charge in [0.2, 0.25) is 11.8 Å². The quantitative estimate of drug-likeness (QED) is 0.427. The summed E-state index contributed by atoms with van der Waals surface area (Å²) in [5, 5.41) is 1.09. The molecule has 14 nitrogen and oxygen atoms in total. The average molecular weight is 456 g/mol. The smallest absolute Gasteiger partial charge is 0.368 e. The largest absolute Gasteiger partial charge is 0.442 e. The van der Waals surface area contributed by atoms with Crippen molar-refractivity contribution in [3.63, 3.8) is 0 Å². The predicted molar refractivity (Wildman–Crippen MR) is 100 cm³/mol. The number of hydroxylamine groups is 4. The van der Waals surface area contributed by atoms with Gasteiger partial charge in [-0.15, -0.1) is 8.57 Å². The highest BCUT2D eigenvalue weighted by molar-refractivity contribution is 7.81. The van der Waals surface area contributed by atoms with E-state index in [1.54, 1.807) is 13.8 Å².